The molecule has 0 spiro atoms. The van der Waals surface area contributed by atoms with Gasteiger partial charge in [0.05, 0.1) is 5.92 Å². The van der Waals surface area contributed by atoms with Crippen LogP contribution in [0.2, 0.25) is 5.02 Å². The maximum absolute atomic E-state index is 13.4. The van der Waals surface area contributed by atoms with Crippen LogP contribution in [0.15, 0.2) is 67.0 Å². The highest BCUT2D eigenvalue weighted by molar-refractivity contribution is 6.30. The third kappa shape index (κ3) is 5.09. The quantitative estimate of drug-likeness (QED) is 0.539. The van der Waals surface area contributed by atoms with Gasteiger partial charge in [-0.25, -0.2) is 9.97 Å². The van der Waals surface area contributed by atoms with Crippen LogP contribution in [-0.4, -0.2) is 60.0 Å². The summed E-state index contributed by atoms with van der Waals surface area (Å²) in [6, 6.07) is 17.5. The van der Waals surface area contributed by atoms with Crippen LogP contribution in [0.3, 0.4) is 0 Å². The summed E-state index contributed by atoms with van der Waals surface area (Å²) in [4.78, 5) is 28.8. The summed E-state index contributed by atoms with van der Waals surface area (Å²) >= 11 is 6.15. The van der Waals surface area contributed by atoms with Crippen molar-refractivity contribution >= 4 is 29.0 Å². The van der Waals surface area contributed by atoms with Gasteiger partial charge in [-0.15, -0.1) is 0 Å². The molecular weight excluding hydrogens is 450 g/mol. The molecule has 3 aromatic rings. The number of ether oxygens (including phenoxy) is 1. The van der Waals surface area contributed by atoms with Gasteiger partial charge in [-0.3, -0.25) is 4.79 Å². The van der Waals surface area contributed by atoms with Crippen molar-refractivity contribution in [1.29, 1.82) is 0 Å². The van der Waals surface area contributed by atoms with Crippen molar-refractivity contribution in [3.8, 4) is 11.6 Å². The molecule has 2 aliphatic heterocycles. The van der Waals surface area contributed by atoms with Gasteiger partial charge in [-0.1, -0.05) is 35.9 Å². The van der Waals surface area contributed by atoms with Crippen LogP contribution >= 0.6 is 11.6 Å². The Bertz CT molecular complexity index is 1120. The van der Waals surface area contributed by atoms with Crippen molar-refractivity contribution in [3.05, 3.63) is 72.0 Å². The average molecular weight is 478 g/mol. The minimum atomic E-state index is -0.0574. The number of amides is 1. The Balaban J connectivity index is 1.23. The summed E-state index contributed by atoms with van der Waals surface area (Å²) in [5, 5.41) is 0.734. The number of benzene rings is 2. The highest BCUT2D eigenvalue weighted by Crippen LogP contribution is 2.31. The van der Waals surface area contributed by atoms with Crippen LogP contribution in [0.1, 0.15) is 12.8 Å². The summed E-state index contributed by atoms with van der Waals surface area (Å²) in [6.45, 7) is 4.50. The van der Waals surface area contributed by atoms with Crippen molar-refractivity contribution in [2.45, 2.75) is 12.8 Å². The molecule has 34 heavy (non-hydrogen) atoms. The molecule has 5 rings (SSSR count). The number of carbonyl (C=O) groups excluding carboxylic acids is 1. The number of nitrogens with zero attached hydrogens (tertiary/aromatic N) is 5. The molecule has 2 fully saturated rings. The second-order valence-electron chi connectivity index (χ2n) is 8.68. The Kier molecular flexibility index (Phi) is 6.81. The van der Waals surface area contributed by atoms with Crippen molar-refractivity contribution in [1.82, 2.24) is 14.9 Å². The molecule has 1 amide bonds. The number of rotatable bonds is 5. The third-order valence-corrected chi connectivity index (χ3v) is 6.67. The van der Waals surface area contributed by atoms with E-state index in [2.05, 4.69) is 25.8 Å². The van der Waals surface area contributed by atoms with E-state index < -0.39 is 0 Å². The van der Waals surface area contributed by atoms with Crippen LogP contribution in [0.4, 0.5) is 11.5 Å². The zero-order valence-corrected chi connectivity index (χ0v) is 19.8. The van der Waals surface area contributed by atoms with E-state index in [0.717, 1.165) is 56.3 Å². The first-order chi connectivity index (χ1) is 16.7. The second kappa shape index (κ2) is 10.3. The van der Waals surface area contributed by atoms with Crippen molar-refractivity contribution in [2.75, 3.05) is 49.1 Å². The van der Waals surface area contributed by atoms with Gasteiger partial charge >= 0.3 is 0 Å². The van der Waals surface area contributed by atoms with E-state index in [1.807, 2.05) is 53.4 Å². The number of para-hydroxylation sites is 1. The van der Waals surface area contributed by atoms with Crippen LogP contribution in [0.5, 0.6) is 11.6 Å². The molecule has 2 saturated heterocycles. The fourth-order valence-electron chi connectivity index (χ4n) is 4.69. The van der Waals surface area contributed by atoms with Gasteiger partial charge in [0.15, 0.2) is 5.82 Å². The highest BCUT2D eigenvalue weighted by atomic mass is 35.5. The van der Waals surface area contributed by atoms with E-state index in [-0.39, 0.29) is 11.8 Å². The molecule has 176 valence electrons. The molecule has 0 unspecified atom stereocenters. The monoisotopic (exact) mass is 477 g/mol. The number of hydrogen-bond acceptors (Lipinski definition) is 6. The van der Waals surface area contributed by atoms with Crippen molar-refractivity contribution in [3.63, 3.8) is 0 Å². The number of hydrogen-bond donors (Lipinski definition) is 0. The minimum absolute atomic E-state index is 0.0574. The van der Waals surface area contributed by atoms with E-state index in [0.29, 0.717) is 24.0 Å². The Morgan fingerprint density at radius 2 is 1.71 bits per heavy atom. The molecule has 7 nitrogen and oxygen atoms in total. The lowest BCUT2D eigenvalue weighted by Gasteiger charge is -2.40. The summed E-state index contributed by atoms with van der Waals surface area (Å²) in [5.41, 5.74) is 1.11. The topological polar surface area (TPSA) is 61.8 Å². The van der Waals surface area contributed by atoms with E-state index in [1.54, 1.807) is 12.4 Å². The Morgan fingerprint density at radius 3 is 2.50 bits per heavy atom. The van der Waals surface area contributed by atoms with Gasteiger partial charge in [0.25, 0.3) is 5.88 Å². The Hall–Kier alpha value is -3.32. The first-order valence-corrected chi connectivity index (χ1v) is 12.1. The number of halogens is 1. The number of carbonyl (C=O) groups is 1. The van der Waals surface area contributed by atoms with Gasteiger partial charge in [0.1, 0.15) is 5.75 Å². The Labute approximate surface area is 204 Å². The van der Waals surface area contributed by atoms with Crippen LogP contribution < -0.4 is 14.5 Å². The largest absolute Gasteiger partial charge is 0.436 e. The van der Waals surface area contributed by atoms with Crippen molar-refractivity contribution < 1.29 is 9.53 Å². The zero-order valence-electron chi connectivity index (χ0n) is 19.0. The van der Waals surface area contributed by atoms with Crippen molar-refractivity contribution in [2.24, 2.45) is 5.92 Å². The molecule has 3 heterocycles. The Morgan fingerprint density at radius 1 is 0.912 bits per heavy atom. The smallest absolute Gasteiger partial charge is 0.263 e. The van der Waals surface area contributed by atoms with Gasteiger partial charge in [0, 0.05) is 62.4 Å². The molecular formula is C26H28ClN5O2. The lowest BCUT2D eigenvalue weighted by atomic mass is 9.96. The average Bonchev–Trinajstić information content (AvgIpc) is 2.89. The van der Waals surface area contributed by atoms with E-state index >= 15 is 0 Å². The highest BCUT2D eigenvalue weighted by Gasteiger charge is 2.32. The maximum Gasteiger partial charge on any atom is 0.263 e. The number of anilines is 2. The molecule has 8 heteroatoms. The van der Waals surface area contributed by atoms with Gasteiger partial charge < -0.3 is 19.4 Å². The molecule has 0 radical (unpaired) electrons. The predicted octanol–water partition coefficient (Wildman–Crippen LogP) is 4.49. The summed E-state index contributed by atoms with van der Waals surface area (Å²) in [7, 11) is 0. The molecule has 0 bridgehead atoms. The minimum Gasteiger partial charge on any atom is -0.436 e. The molecule has 0 saturated carbocycles. The standard InChI is InChI=1S/C26H28ClN5O2/c27-21-7-4-8-22(18-21)30-14-16-31(17-15-30)26(33)20-6-5-13-32(19-20)24-25(29-12-11-28-24)34-23-9-2-1-3-10-23/h1-4,7-12,18,20H,5-6,13-17,19H2/t20-/m0/s1. The number of piperazine rings is 1. The van der Waals surface area contributed by atoms with Gasteiger partial charge in [-0.05, 0) is 43.2 Å². The van der Waals surface area contributed by atoms with E-state index in [9.17, 15) is 4.79 Å². The normalized spacial score (nSPS) is 18.6. The lowest BCUT2D eigenvalue weighted by Crippen LogP contribution is -2.52. The molecule has 0 N–H and O–H groups in total. The summed E-state index contributed by atoms with van der Waals surface area (Å²) in [5.74, 6) is 2.04. The fourth-order valence-corrected chi connectivity index (χ4v) is 4.88. The molecule has 1 atom stereocenters. The maximum atomic E-state index is 13.4. The first-order valence-electron chi connectivity index (χ1n) is 11.8. The number of aromatic nitrogens is 2. The van der Waals surface area contributed by atoms with Crippen LogP contribution in [0, 0.1) is 5.92 Å². The van der Waals surface area contributed by atoms with Crippen LogP contribution in [-0.2, 0) is 4.79 Å². The molecule has 1 aromatic heterocycles. The molecule has 2 aromatic carbocycles. The first kappa shape index (κ1) is 22.5. The summed E-state index contributed by atoms with van der Waals surface area (Å²) < 4.78 is 6.01. The van der Waals surface area contributed by atoms with E-state index in [1.165, 1.54) is 0 Å². The molecule has 2 aliphatic rings. The van der Waals surface area contributed by atoms with Gasteiger partial charge in [-0.2, -0.15) is 0 Å². The second-order valence-corrected chi connectivity index (χ2v) is 9.11. The molecule has 0 aliphatic carbocycles. The predicted molar refractivity (Wildman–Crippen MR) is 134 cm³/mol. The summed E-state index contributed by atoms with van der Waals surface area (Å²) in [6.07, 6.45) is 5.13. The zero-order chi connectivity index (χ0) is 23.3. The fraction of sp³-hybridized carbons (Fsp3) is 0.346. The van der Waals surface area contributed by atoms with E-state index in [4.69, 9.17) is 16.3 Å². The number of piperidine rings is 1. The van der Waals surface area contributed by atoms with Crippen LogP contribution in [0.25, 0.3) is 0 Å². The lowest BCUT2D eigenvalue weighted by molar-refractivity contribution is -0.136. The third-order valence-electron chi connectivity index (χ3n) is 6.44. The van der Waals surface area contributed by atoms with Gasteiger partial charge in [0.2, 0.25) is 5.91 Å². The SMILES string of the molecule is O=C([C@H]1CCCN(c2nccnc2Oc2ccccc2)C1)N1CCN(c2cccc(Cl)c2)CC1.